The Balaban J connectivity index is 2.20. The van der Waals surface area contributed by atoms with E-state index in [0.717, 1.165) is 11.6 Å². The molecule has 3 nitrogen and oxygen atoms in total. The lowest BCUT2D eigenvalue weighted by atomic mass is 10.2. The molecule has 0 saturated carbocycles. The van der Waals surface area contributed by atoms with E-state index in [1.165, 1.54) is 12.1 Å². The normalized spacial score (nSPS) is 11.0. The molecule has 0 spiro atoms. The van der Waals surface area contributed by atoms with Crippen LogP contribution >= 0.6 is 0 Å². The van der Waals surface area contributed by atoms with Crippen LogP contribution in [0.15, 0.2) is 48.5 Å². The van der Waals surface area contributed by atoms with Crippen molar-refractivity contribution in [3.63, 3.8) is 0 Å². The highest BCUT2D eigenvalue weighted by Crippen LogP contribution is 2.33. The number of carbonyl (C=O) groups is 1. The fourth-order valence-electron chi connectivity index (χ4n) is 1.66. The number of ether oxygens (including phenoxy) is 2. The van der Waals surface area contributed by atoms with E-state index in [9.17, 15) is 18.0 Å². The summed E-state index contributed by atoms with van der Waals surface area (Å²) in [6.07, 6.45) is -4.31. The Morgan fingerprint density at radius 1 is 1.00 bits per heavy atom. The van der Waals surface area contributed by atoms with Crippen LogP contribution in [0.5, 0.6) is 11.5 Å². The second-order valence-corrected chi connectivity index (χ2v) is 4.15. The largest absolute Gasteiger partial charge is 0.573 e. The Kier molecular flexibility index (Phi) is 4.47. The van der Waals surface area contributed by atoms with Gasteiger partial charge in [0.2, 0.25) is 0 Å². The Labute approximate surface area is 118 Å². The second kappa shape index (κ2) is 6.30. The van der Waals surface area contributed by atoms with Crippen molar-refractivity contribution >= 4 is 6.29 Å². The Hall–Kier alpha value is -2.50. The zero-order chi connectivity index (χ0) is 15.3. The molecule has 110 valence electrons. The van der Waals surface area contributed by atoms with Crippen LogP contribution in [0.25, 0.3) is 0 Å². The zero-order valence-corrected chi connectivity index (χ0v) is 10.8. The maximum Gasteiger partial charge on any atom is 0.573 e. The molecule has 0 amide bonds. The van der Waals surface area contributed by atoms with Gasteiger partial charge in [0.1, 0.15) is 12.9 Å². The number of alkyl halides is 3. The molecule has 2 aromatic carbocycles. The van der Waals surface area contributed by atoms with Crippen molar-refractivity contribution in [1.82, 2.24) is 0 Å². The molecule has 0 radical (unpaired) electrons. The third kappa shape index (κ3) is 4.52. The Bertz CT molecular complexity index is 609. The van der Waals surface area contributed by atoms with Gasteiger partial charge in [-0.15, -0.1) is 13.2 Å². The molecule has 0 aliphatic heterocycles. The Morgan fingerprint density at radius 2 is 1.71 bits per heavy atom. The summed E-state index contributed by atoms with van der Waals surface area (Å²) in [4.78, 5) is 10.7. The smallest absolute Gasteiger partial charge is 0.485 e. The van der Waals surface area contributed by atoms with E-state index in [1.807, 2.05) is 6.07 Å². The third-order valence-corrected chi connectivity index (χ3v) is 2.57. The number of carbonyl (C=O) groups excluding carboxylic acids is 1. The third-order valence-electron chi connectivity index (χ3n) is 2.57. The van der Waals surface area contributed by atoms with Gasteiger partial charge in [-0.25, -0.2) is 0 Å². The van der Waals surface area contributed by atoms with Crippen LogP contribution in [0.4, 0.5) is 13.2 Å². The molecule has 0 bridgehead atoms. The van der Waals surface area contributed by atoms with Crippen LogP contribution in [0.1, 0.15) is 15.9 Å². The monoisotopic (exact) mass is 296 g/mol. The van der Waals surface area contributed by atoms with Crippen LogP contribution in [0, 0.1) is 0 Å². The van der Waals surface area contributed by atoms with Gasteiger partial charge >= 0.3 is 6.36 Å². The first-order valence-corrected chi connectivity index (χ1v) is 5.99. The van der Waals surface area contributed by atoms with E-state index in [2.05, 4.69) is 4.74 Å². The number of halogens is 3. The van der Waals surface area contributed by atoms with E-state index in [4.69, 9.17) is 4.74 Å². The maximum atomic E-state index is 12.3. The fraction of sp³-hybridized carbons (Fsp3) is 0.133. The van der Waals surface area contributed by atoms with Gasteiger partial charge in [0.05, 0.1) is 0 Å². The lowest BCUT2D eigenvalue weighted by Crippen LogP contribution is -2.17. The molecule has 0 fully saturated rings. The van der Waals surface area contributed by atoms with Crippen molar-refractivity contribution in [1.29, 1.82) is 0 Å². The molecule has 2 rings (SSSR count). The summed E-state index contributed by atoms with van der Waals surface area (Å²) in [7, 11) is 0. The average Bonchev–Trinajstić information content (AvgIpc) is 2.46. The van der Waals surface area contributed by atoms with Crippen LogP contribution in [0.2, 0.25) is 0 Å². The van der Waals surface area contributed by atoms with Crippen LogP contribution < -0.4 is 9.47 Å². The molecule has 0 atom stereocenters. The second-order valence-electron chi connectivity index (χ2n) is 4.15. The minimum atomic E-state index is -4.83. The first-order valence-electron chi connectivity index (χ1n) is 5.99. The van der Waals surface area contributed by atoms with Crippen LogP contribution in [-0.4, -0.2) is 12.6 Å². The highest BCUT2D eigenvalue weighted by Gasteiger charge is 2.32. The summed E-state index contributed by atoms with van der Waals surface area (Å²) < 4.78 is 46.2. The molecular formula is C15H11F3O3. The summed E-state index contributed by atoms with van der Waals surface area (Å²) in [6, 6.07) is 12.4. The average molecular weight is 296 g/mol. The molecule has 0 heterocycles. The molecule has 21 heavy (non-hydrogen) atoms. The number of hydrogen-bond donors (Lipinski definition) is 0. The van der Waals surface area contributed by atoms with Gasteiger partial charge in [0.15, 0.2) is 11.5 Å². The topological polar surface area (TPSA) is 35.5 Å². The quantitative estimate of drug-likeness (QED) is 0.783. The first-order chi connectivity index (χ1) is 9.98. The van der Waals surface area contributed by atoms with Gasteiger partial charge in [-0.3, -0.25) is 4.79 Å². The minimum absolute atomic E-state index is 0.0668. The molecule has 0 saturated heterocycles. The molecular weight excluding hydrogens is 285 g/mol. The van der Waals surface area contributed by atoms with Crippen LogP contribution in [0.3, 0.4) is 0 Å². The summed E-state index contributed by atoms with van der Waals surface area (Å²) in [5.41, 5.74) is 0.986. The van der Waals surface area contributed by atoms with E-state index in [0.29, 0.717) is 6.29 Å². The SMILES string of the molecule is O=Cc1ccc(OC(F)(F)F)c(OCc2ccccc2)c1. The minimum Gasteiger partial charge on any atom is -0.485 e. The van der Waals surface area contributed by atoms with Gasteiger partial charge in [0.25, 0.3) is 0 Å². The number of rotatable bonds is 5. The molecule has 0 aliphatic carbocycles. The van der Waals surface area contributed by atoms with Crippen molar-refractivity contribution < 1.29 is 27.4 Å². The number of benzene rings is 2. The fourth-order valence-corrected chi connectivity index (χ4v) is 1.66. The van der Waals surface area contributed by atoms with Crippen molar-refractivity contribution in [2.45, 2.75) is 13.0 Å². The molecule has 0 N–H and O–H groups in total. The van der Waals surface area contributed by atoms with Crippen molar-refractivity contribution in [3.8, 4) is 11.5 Å². The number of aldehydes is 1. The van der Waals surface area contributed by atoms with Gasteiger partial charge in [-0.2, -0.15) is 0 Å². The molecule has 0 unspecified atom stereocenters. The summed E-state index contributed by atoms with van der Waals surface area (Å²) in [5.74, 6) is -0.621. The molecule has 0 aliphatic rings. The first kappa shape index (κ1) is 14.9. The van der Waals surface area contributed by atoms with Crippen molar-refractivity contribution in [3.05, 3.63) is 59.7 Å². The highest BCUT2D eigenvalue weighted by molar-refractivity contribution is 5.76. The van der Waals surface area contributed by atoms with E-state index in [1.54, 1.807) is 24.3 Å². The predicted molar refractivity (Wildman–Crippen MR) is 69.3 cm³/mol. The lowest BCUT2D eigenvalue weighted by molar-refractivity contribution is -0.275. The maximum absolute atomic E-state index is 12.3. The lowest BCUT2D eigenvalue weighted by Gasteiger charge is -2.14. The standard InChI is InChI=1S/C15H11F3O3/c16-15(17,18)21-13-7-6-12(9-19)8-14(13)20-10-11-4-2-1-3-5-11/h1-9H,10H2. The van der Waals surface area contributed by atoms with Gasteiger partial charge in [-0.1, -0.05) is 30.3 Å². The molecule has 0 aromatic heterocycles. The highest BCUT2D eigenvalue weighted by atomic mass is 19.4. The zero-order valence-electron chi connectivity index (χ0n) is 10.8. The van der Waals surface area contributed by atoms with Crippen LogP contribution in [-0.2, 0) is 6.61 Å². The van der Waals surface area contributed by atoms with E-state index < -0.39 is 12.1 Å². The van der Waals surface area contributed by atoms with Crippen molar-refractivity contribution in [2.24, 2.45) is 0 Å². The molecule has 2 aromatic rings. The number of hydrogen-bond acceptors (Lipinski definition) is 3. The Morgan fingerprint density at radius 3 is 2.33 bits per heavy atom. The van der Waals surface area contributed by atoms with E-state index >= 15 is 0 Å². The van der Waals surface area contributed by atoms with Crippen molar-refractivity contribution in [2.75, 3.05) is 0 Å². The molecule has 6 heteroatoms. The van der Waals surface area contributed by atoms with Gasteiger partial charge in [0, 0.05) is 5.56 Å². The van der Waals surface area contributed by atoms with E-state index in [-0.39, 0.29) is 17.9 Å². The summed E-state index contributed by atoms with van der Waals surface area (Å²) in [5, 5.41) is 0. The van der Waals surface area contributed by atoms with Gasteiger partial charge < -0.3 is 9.47 Å². The summed E-state index contributed by atoms with van der Waals surface area (Å²) in [6.45, 7) is 0.0668. The van der Waals surface area contributed by atoms with Gasteiger partial charge in [-0.05, 0) is 23.8 Å². The summed E-state index contributed by atoms with van der Waals surface area (Å²) >= 11 is 0. The predicted octanol–water partition coefficient (Wildman–Crippen LogP) is 3.98.